The number of aromatic amines is 1. The molecule has 1 aromatic carbocycles. The quantitative estimate of drug-likeness (QED) is 0.764. The Bertz CT molecular complexity index is 746. The zero-order valence-electron chi connectivity index (χ0n) is 11.5. The van der Waals surface area contributed by atoms with E-state index >= 15 is 0 Å². The Balaban J connectivity index is 2.12. The number of nitrogens with two attached hydrogens (primary N) is 1. The van der Waals surface area contributed by atoms with Crippen LogP contribution < -0.4 is 10.5 Å². The summed E-state index contributed by atoms with van der Waals surface area (Å²) < 4.78 is 5.16. The van der Waals surface area contributed by atoms with Crippen LogP contribution in [0.3, 0.4) is 0 Å². The minimum atomic E-state index is 0.478. The third kappa shape index (κ3) is 2.02. The Kier molecular flexibility index (Phi) is 3.12. The molecule has 0 aliphatic carbocycles. The van der Waals surface area contributed by atoms with Crippen LogP contribution in [-0.2, 0) is 6.54 Å². The van der Waals surface area contributed by atoms with Crippen molar-refractivity contribution in [3.05, 3.63) is 41.7 Å². The second-order valence-electron chi connectivity index (χ2n) is 4.60. The van der Waals surface area contributed by atoms with Gasteiger partial charge in [0.15, 0.2) is 5.82 Å². The number of nitrogens with zero attached hydrogens (tertiary/aromatic N) is 2. The molecule has 3 rings (SSSR count). The third-order valence-corrected chi connectivity index (χ3v) is 3.36. The Morgan fingerprint density at radius 2 is 1.95 bits per heavy atom. The van der Waals surface area contributed by atoms with E-state index in [9.17, 15) is 0 Å². The van der Waals surface area contributed by atoms with Gasteiger partial charge in [-0.25, -0.2) is 9.97 Å². The standard InChI is InChI=1S/C15H16N4O/c1-9-13-11(7-16)8-17-15(13)19-14(18-9)10-3-5-12(20-2)6-4-10/h3-6,8H,7,16H2,1-2H3,(H,17,18,19). The van der Waals surface area contributed by atoms with Gasteiger partial charge < -0.3 is 15.5 Å². The van der Waals surface area contributed by atoms with Crippen LogP contribution >= 0.6 is 0 Å². The van der Waals surface area contributed by atoms with E-state index < -0.39 is 0 Å². The first-order chi connectivity index (χ1) is 9.72. The maximum Gasteiger partial charge on any atom is 0.161 e. The summed E-state index contributed by atoms with van der Waals surface area (Å²) in [5.74, 6) is 1.51. The van der Waals surface area contributed by atoms with Crippen LogP contribution in [0.15, 0.2) is 30.5 Å². The van der Waals surface area contributed by atoms with Crippen molar-refractivity contribution in [2.45, 2.75) is 13.5 Å². The lowest BCUT2D eigenvalue weighted by Crippen LogP contribution is -1.98. The van der Waals surface area contributed by atoms with E-state index in [-0.39, 0.29) is 0 Å². The van der Waals surface area contributed by atoms with Crippen LogP contribution in [-0.4, -0.2) is 22.1 Å². The highest BCUT2D eigenvalue weighted by Crippen LogP contribution is 2.24. The minimum Gasteiger partial charge on any atom is -0.497 e. The minimum absolute atomic E-state index is 0.478. The molecule has 0 fully saturated rings. The molecule has 0 amide bonds. The number of hydrogen-bond donors (Lipinski definition) is 2. The monoisotopic (exact) mass is 268 g/mol. The van der Waals surface area contributed by atoms with Crippen molar-refractivity contribution < 1.29 is 4.74 Å². The molecule has 0 bridgehead atoms. The van der Waals surface area contributed by atoms with Crippen LogP contribution in [0.4, 0.5) is 0 Å². The van der Waals surface area contributed by atoms with E-state index in [0.29, 0.717) is 12.4 Å². The average Bonchev–Trinajstić information content (AvgIpc) is 2.91. The number of nitrogens with one attached hydrogen (secondary N) is 1. The number of aryl methyl sites for hydroxylation is 1. The third-order valence-electron chi connectivity index (χ3n) is 3.36. The van der Waals surface area contributed by atoms with Gasteiger partial charge in [0.25, 0.3) is 0 Å². The number of fused-ring (bicyclic) bond motifs is 1. The van der Waals surface area contributed by atoms with Gasteiger partial charge in [-0.3, -0.25) is 0 Å². The lowest BCUT2D eigenvalue weighted by molar-refractivity contribution is 0.415. The molecule has 0 atom stereocenters. The molecule has 20 heavy (non-hydrogen) atoms. The molecule has 102 valence electrons. The summed E-state index contributed by atoms with van der Waals surface area (Å²) in [7, 11) is 1.65. The lowest BCUT2D eigenvalue weighted by atomic mass is 10.1. The maximum absolute atomic E-state index is 5.72. The molecule has 5 heteroatoms. The Labute approximate surface area is 116 Å². The van der Waals surface area contributed by atoms with Crippen LogP contribution in [0.25, 0.3) is 22.4 Å². The van der Waals surface area contributed by atoms with Crippen molar-refractivity contribution >= 4 is 11.0 Å². The topological polar surface area (TPSA) is 76.8 Å². The Morgan fingerprint density at radius 3 is 2.60 bits per heavy atom. The second-order valence-corrected chi connectivity index (χ2v) is 4.60. The fraction of sp³-hybridized carbons (Fsp3) is 0.200. The van der Waals surface area contributed by atoms with Gasteiger partial charge in [0.2, 0.25) is 0 Å². The molecule has 5 nitrogen and oxygen atoms in total. The molecule has 2 heterocycles. The molecule has 0 unspecified atom stereocenters. The van der Waals surface area contributed by atoms with Gasteiger partial charge in [0.05, 0.1) is 12.8 Å². The van der Waals surface area contributed by atoms with Crippen molar-refractivity contribution in [1.29, 1.82) is 0 Å². The van der Waals surface area contributed by atoms with Crippen LogP contribution in [0.2, 0.25) is 0 Å². The first kappa shape index (κ1) is 12.6. The van der Waals surface area contributed by atoms with Crippen molar-refractivity contribution in [3.8, 4) is 17.1 Å². The molecular formula is C15H16N4O. The number of methoxy groups -OCH3 is 1. The summed E-state index contributed by atoms with van der Waals surface area (Å²) >= 11 is 0. The number of hydrogen-bond acceptors (Lipinski definition) is 4. The number of H-pyrrole nitrogens is 1. The normalized spacial score (nSPS) is 10.9. The van der Waals surface area contributed by atoms with Gasteiger partial charge in [-0.15, -0.1) is 0 Å². The Hall–Kier alpha value is -2.40. The zero-order valence-corrected chi connectivity index (χ0v) is 11.5. The van der Waals surface area contributed by atoms with Gasteiger partial charge in [0.1, 0.15) is 11.4 Å². The maximum atomic E-state index is 5.72. The first-order valence-electron chi connectivity index (χ1n) is 6.42. The van der Waals surface area contributed by atoms with Gasteiger partial charge in [-0.2, -0.15) is 0 Å². The summed E-state index contributed by atoms with van der Waals surface area (Å²) in [6.45, 7) is 2.45. The molecule has 0 aliphatic rings. The van der Waals surface area contributed by atoms with Crippen LogP contribution in [0.1, 0.15) is 11.3 Å². The number of aromatic nitrogens is 3. The number of rotatable bonds is 3. The predicted molar refractivity (Wildman–Crippen MR) is 78.5 cm³/mol. The largest absolute Gasteiger partial charge is 0.497 e. The summed E-state index contributed by atoms with van der Waals surface area (Å²) in [5.41, 5.74) is 9.48. The number of benzene rings is 1. The van der Waals surface area contributed by atoms with Crippen LogP contribution in [0, 0.1) is 6.92 Å². The van der Waals surface area contributed by atoms with Crippen molar-refractivity contribution in [2.24, 2.45) is 5.73 Å². The summed E-state index contributed by atoms with van der Waals surface area (Å²) in [6, 6.07) is 7.70. The van der Waals surface area contributed by atoms with E-state index in [0.717, 1.165) is 33.6 Å². The highest BCUT2D eigenvalue weighted by atomic mass is 16.5. The summed E-state index contributed by atoms with van der Waals surface area (Å²) in [4.78, 5) is 12.3. The van der Waals surface area contributed by atoms with E-state index in [1.54, 1.807) is 7.11 Å². The predicted octanol–water partition coefficient (Wildman–Crippen LogP) is 2.40. The fourth-order valence-corrected chi connectivity index (χ4v) is 2.32. The highest BCUT2D eigenvalue weighted by molar-refractivity contribution is 5.83. The van der Waals surface area contributed by atoms with E-state index in [1.165, 1.54) is 0 Å². The van der Waals surface area contributed by atoms with Gasteiger partial charge in [-0.1, -0.05) is 0 Å². The zero-order chi connectivity index (χ0) is 14.1. The van der Waals surface area contributed by atoms with Gasteiger partial charge >= 0.3 is 0 Å². The van der Waals surface area contributed by atoms with E-state index in [4.69, 9.17) is 10.5 Å². The SMILES string of the molecule is COc1ccc(-c2nc(C)c3c(CN)c[nH]c3n2)cc1. The van der Waals surface area contributed by atoms with Crippen molar-refractivity contribution in [3.63, 3.8) is 0 Å². The van der Waals surface area contributed by atoms with Crippen molar-refractivity contribution in [1.82, 2.24) is 15.0 Å². The molecule has 0 saturated carbocycles. The van der Waals surface area contributed by atoms with Crippen LogP contribution in [0.5, 0.6) is 5.75 Å². The van der Waals surface area contributed by atoms with Crippen molar-refractivity contribution in [2.75, 3.05) is 7.11 Å². The highest BCUT2D eigenvalue weighted by Gasteiger charge is 2.11. The first-order valence-corrected chi connectivity index (χ1v) is 6.42. The fourth-order valence-electron chi connectivity index (χ4n) is 2.32. The van der Waals surface area contributed by atoms with Gasteiger partial charge in [-0.05, 0) is 36.8 Å². The molecule has 0 spiro atoms. The number of ether oxygens (including phenoxy) is 1. The second kappa shape index (κ2) is 4.94. The average molecular weight is 268 g/mol. The van der Waals surface area contributed by atoms with E-state index in [2.05, 4.69) is 15.0 Å². The molecule has 0 radical (unpaired) electrons. The summed E-state index contributed by atoms with van der Waals surface area (Å²) in [5, 5.41) is 1.02. The molecule has 0 saturated heterocycles. The molecule has 3 aromatic rings. The molecular weight excluding hydrogens is 252 g/mol. The summed E-state index contributed by atoms with van der Waals surface area (Å²) in [6.07, 6.45) is 1.89. The van der Waals surface area contributed by atoms with Gasteiger partial charge in [0, 0.05) is 23.7 Å². The molecule has 3 N–H and O–H groups in total. The Morgan fingerprint density at radius 1 is 1.20 bits per heavy atom. The molecule has 2 aromatic heterocycles. The smallest absolute Gasteiger partial charge is 0.161 e. The van der Waals surface area contributed by atoms with E-state index in [1.807, 2.05) is 37.4 Å². The lowest BCUT2D eigenvalue weighted by Gasteiger charge is -2.05. The molecule has 0 aliphatic heterocycles.